The van der Waals surface area contributed by atoms with Crippen molar-refractivity contribution in [2.75, 3.05) is 0 Å². The van der Waals surface area contributed by atoms with E-state index in [-0.39, 0.29) is 0 Å². The predicted octanol–water partition coefficient (Wildman–Crippen LogP) is 4.22. The number of hydrogen-bond donors (Lipinski definition) is 0. The highest BCUT2D eigenvalue weighted by atomic mass is 35.5. The Morgan fingerprint density at radius 1 is 0.938 bits per heavy atom. The predicted molar refractivity (Wildman–Crippen MR) is 67.2 cm³/mol. The van der Waals surface area contributed by atoms with E-state index in [1.54, 1.807) is 6.07 Å². The van der Waals surface area contributed by atoms with E-state index in [1.807, 2.05) is 48.5 Å². The first kappa shape index (κ1) is 11.2. The molecule has 2 rings (SSSR count). The molecule has 2 aromatic carbocycles. The van der Waals surface area contributed by atoms with Gasteiger partial charge in [0.05, 0.1) is 0 Å². The summed E-state index contributed by atoms with van der Waals surface area (Å²) in [6, 6.07) is 17.2. The van der Waals surface area contributed by atoms with Gasteiger partial charge in [0.15, 0.2) is 0 Å². The third-order valence-electron chi connectivity index (χ3n) is 2.07. The van der Waals surface area contributed by atoms with Crippen LogP contribution in [0.4, 0.5) is 0 Å². The van der Waals surface area contributed by atoms with Crippen molar-refractivity contribution in [3.05, 3.63) is 60.2 Å². The Morgan fingerprint density at radius 3 is 2.25 bits per heavy atom. The highest BCUT2D eigenvalue weighted by molar-refractivity contribution is 7.99. The molecule has 3 heteroatoms. The molecule has 0 aliphatic carbocycles. The number of carbonyl (C=O) groups is 1. The van der Waals surface area contributed by atoms with Crippen molar-refractivity contribution in [2.45, 2.75) is 9.79 Å². The van der Waals surface area contributed by atoms with Crippen LogP contribution in [0.3, 0.4) is 0 Å². The lowest BCUT2D eigenvalue weighted by Crippen LogP contribution is -1.91. The molecule has 0 saturated heterocycles. The summed E-state index contributed by atoms with van der Waals surface area (Å²) >= 11 is 7.06. The zero-order valence-electron chi connectivity index (χ0n) is 8.39. The minimum atomic E-state index is -0.418. The molecule has 0 amide bonds. The molecule has 16 heavy (non-hydrogen) atoms. The summed E-state index contributed by atoms with van der Waals surface area (Å²) in [5.41, 5.74) is 0.554. The fourth-order valence-corrected chi connectivity index (χ4v) is 2.52. The molecule has 0 spiro atoms. The van der Waals surface area contributed by atoms with Crippen molar-refractivity contribution in [3.63, 3.8) is 0 Å². The Bertz CT molecular complexity index is 496. The molecule has 2 aromatic rings. The van der Waals surface area contributed by atoms with Gasteiger partial charge in [-0.25, -0.2) is 0 Å². The Labute approximate surface area is 103 Å². The summed E-state index contributed by atoms with van der Waals surface area (Å²) in [5, 5.41) is -0.418. The van der Waals surface area contributed by atoms with Gasteiger partial charge >= 0.3 is 0 Å². The average Bonchev–Trinajstić information content (AvgIpc) is 2.31. The first-order valence-electron chi connectivity index (χ1n) is 4.79. The van der Waals surface area contributed by atoms with Crippen LogP contribution in [0.1, 0.15) is 10.4 Å². The third-order valence-corrected chi connectivity index (χ3v) is 3.36. The van der Waals surface area contributed by atoms with Crippen molar-refractivity contribution in [1.82, 2.24) is 0 Å². The minimum Gasteiger partial charge on any atom is -0.276 e. The maximum Gasteiger partial charge on any atom is 0.253 e. The van der Waals surface area contributed by atoms with Gasteiger partial charge in [-0.15, -0.1) is 0 Å². The van der Waals surface area contributed by atoms with Crippen LogP contribution in [0, 0.1) is 0 Å². The SMILES string of the molecule is O=C(Cl)c1ccccc1Sc1ccccc1. The van der Waals surface area contributed by atoms with Crippen molar-refractivity contribution in [2.24, 2.45) is 0 Å². The summed E-state index contributed by atoms with van der Waals surface area (Å²) in [6.45, 7) is 0. The van der Waals surface area contributed by atoms with Crippen molar-refractivity contribution < 1.29 is 4.79 Å². The van der Waals surface area contributed by atoms with Gasteiger partial charge in [-0.05, 0) is 35.9 Å². The molecule has 80 valence electrons. The molecule has 0 aromatic heterocycles. The smallest absolute Gasteiger partial charge is 0.253 e. The number of carbonyl (C=O) groups excluding carboxylic acids is 1. The quantitative estimate of drug-likeness (QED) is 0.757. The van der Waals surface area contributed by atoms with Crippen molar-refractivity contribution in [1.29, 1.82) is 0 Å². The van der Waals surface area contributed by atoms with Gasteiger partial charge in [-0.2, -0.15) is 0 Å². The van der Waals surface area contributed by atoms with E-state index in [2.05, 4.69) is 0 Å². The van der Waals surface area contributed by atoms with Crippen LogP contribution in [-0.4, -0.2) is 5.24 Å². The van der Waals surface area contributed by atoms with Gasteiger partial charge in [0, 0.05) is 15.4 Å². The fraction of sp³-hybridized carbons (Fsp3) is 0. The monoisotopic (exact) mass is 248 g/mol. The number of rotatable bonds is 3. The molecule has 0 unspecified atom stereocenters. The largest absolute Gasteiger partial charge is 0.276 e. The number of halogens is 1. The van der Waals surface area contributed by atoms with E-state index in [0.717, 1.165) is 9.79 Å². The molecule has 0 heterocycles. The topological polar surface area (TPSA) is 17.1 Å². The third kappa shape index (κ3) is 2.65. The van der Waals surface area contributed by atoms with Gasteiger partial charge in [-0.1, -0.05) is 42.1 Å². The summed E-state index contributed by atoms with van der Waals surface area (Å²) in [7, 11) is 0. The van der Waals surface area contributed by atoms with Gasteiger partial charge in [0.2, 0.25) is 0 Å². The van der Waals surface area contributed by atoms with Gasteiger partial charge in [-0.3, -0.25) is 4.79 Å². The van der Waals surface area contributed by atoms with Crippen LogP contribution in [0.2, 0.25) is 0 Å². The molecule has 0 atom stereocenters. The summed E-state index contributed by atoms with van der Waals surface area (Å²) in [6.07, 6.45) is 0. The normalized spacial score (nSPS) is 10.1. The lowest BCUT2D eigenvalue weighted by atomic mass is 10.2. The van der Waals surface area contributed by atoms with E-state index in [4.69, 9.17) is 11.6 Å². The van der Waals surface area contributed by atoms with E-state index < -0.39 is 5.24 Å². The maximum atomic E-state index is 11.2. The standard InChI is InChI=1S/C13H9ClOS/c14-13(15)11-8-4-5-9-12(11)16-10-6-2-1-3-7-10/h1-9H. The van der Waals surface area contributed by atoms with Gasteiger partial charge in [0.1, 0.15) is 0 Å². The summed E-state index contributed by atoms with van der Waals surface area (Å²) < 4.78 is 0. The van der Waals surface area contributed by atoms with Gasteiger partial charge in [0.25, 0.3) is 5.24 Å². The average molecular weight is 249 g/mol. The lowest BCUT2D eigenvalue weighted by molar-refractivity contribution is 0.107. The molecule has 0 aliphatic heterocycles. The zero-order chi connectivity index (χ0) is 11.4. The summed E-state index contributed by atoms with van der Waals surface area (Å²) in [4.78, 5) is 13.2. The van der Waals surface area contributed by atoms with Crippen molar-refractivity contribution in [3.8, 4) is 0 Å². The second kappa shape index (κ2) is 5.19. The lowest BCUT2D eigenvalue weighted by Gasteiger charge is -2.04. The van der Waals surface area contributed by atoms with E-state index in [9.17, 15) is 4.79 Å². The van der Waals surface area contributed by atoms with Crippen LogP contribution in [0.25, 0.3) is 0 Å². The minimum absolute atomic E-state index is 0.418. The molecule has 0 bridgehead atoms. The van der Waals surface area contributed by atoms with Crippen LogP contribution in [-0.2, 0) is 0 Å². The first-order valence-corrected chi connectivity index (χ1v) is 5.98. The van der Waals surface area contributed by atoms with E-state index >= 15 is 0 Å². The maximum absolute atomic E-state index is 11.2. The second-order valence-electron chi connectivity index (χ2n) is 3.18. The zero-order valence-corrected chi connectivity index (χ0v) is 9.96. The van der Waals surface area contributed by atoms with Crippen LogP contribution >= 0.6 is 23.4 Å². The molecule has 0 saturated carbocycles. The van der Waals surface area contributed by atoms with Crippen LogP contribution in [0.15, 0.2) is 64.4 Å². The molecule has 0 fully saturated rings. The molecular weight excluding hydrogens is 240 g/mol. The Kier molecular flexibility index (Phi) is 3.65. The number of hydrogen-bond acceptors (Lipinski definition) is 2. The number of benzene rings is 2. The highest BCUT2D eigenvalue weighted by Gasteiger charge is 2.08. The fourth-order valence-electron chi connectivity index (χ4n) is 1.33. The highest BCUT2D eigenvalue weighted by Crippen LogP contribution is 2.30. The van der Waals surface area contributed by atoms with Crippen LogP contribution in [0.5, 0.6) is 0 Å². The molecule has 0 N–H and O–H groups in total. The van der Waals surface area contributed by atoms with Crippen molar-refractivity contribution >= 4 is 28.6 Å². The van der Waals surface area contributed by atoms with E-state index in [1.165, 1.54) is 11.8 Å². The molecule has 0 aliphatic rings. The van der Waals surface area contributed by atoms with Gasteiger partial charge < -0.3 is 0 Å². The second-order valence-corrected chi connectivity index (χ2v) is 4.64. The Hall–Kier alpha value is -1.25. The van der Waals surface area contributed by atoms with Crippen LogP contribution < -0.4 is 0 Å². The molecule has 0 radical (unpaired) electrons. The first-order chi connectivity index (χ1) is 7.77. The molecular formula is C13H9ClOS. The summed E-state index contributed by atoms with van der Waals surface area (Å²) in [5.74, 6) is 0. The Balaban J connectivity index is 2.31. The van der Waals surface area contributed by atoms with E-state index in [0.29, 0.717) is 5.56 Å². The molecule has 1 nitrogen and oxygen atoms in total. The Morgan fingerprint density at radius 2 is 1.56 bits per heavy atom.